The van der Waals surface area contributed by atoms with Crippen LogP contribution in [0.15, 0.2) is 29.7 Å². The highest BCUT2D eigenvalue weighted by Crippen LogP contribution is 2.50. The second-order valence-corrected chi connectivity index (χ2v) is 11.3. The molecule has 1 unspecified atom stereocenters. The van der Waals surface area contributed by atoms with E-state index in [1.807, 2.05) is 0 Å². The van der Waals surface area contributed by atoms with Crippen molar-refractivity contribution in [3.63, 3.8) is 0 Å². The molecule has 19 nitrogen and oxygen atoms in total. The Morgan fingerprint density at radius 2 is 1.83 bits per heavy atom. The number of H-pyrrole nitrogens is 1. The first-order chi connectivity index (χ1) is 20.0. The second-order valence-electron chi connectivity index (χ2n) is 9.52. The van der Waals surface area contributed by atoms with E-state index in [0.29, 0.717) is 11.0 Å². The van der Waals surface area contributed by atoms with Gasteiger partial charge in [0.25, 0.3) is 5.56 Å². The van der Waals surface area contributed by atoms with Crippen LogP contribution in [0.25, 0.3) is 22.2 Å². The molecule has 0 spiro atoms. The molecule has 0 radical (unpaired) electrons. The number of hydrogen-bond acceptors (Lipinski definition) is 15. The summed E-state index contributed by atoms with van der Waals surface area (Å²) >= 11 is 6.07. The number of nitrogen functional groups attached to an aromatic ring is 1. The molecule has 6 heterocycles. The van der Waals surface area contributed by atoms with Crippen molar-refractivity contribution in [3.05, 3.63) is 40.4 Å². The van der Waals surface area contributed by atoms with Gasteiger partial charge in [-0.05, 0) is 6.07 Å². The van der Waals surface area contributed by atoms with Gasteiger partial charge in [-0.2, -0.15) is 4.98 Å². The smallest absolute Gasteiger partial charge is 0.394 e. The third-order valence-corrected chi connectivity index (χ3v) is 8.23. The molecule has 9 atom stereocenters. The first-order valence-corrected chi connectivity index (χ1v) is 14.2. The van der Waals surface area contributed by atoms with Crippen LogP contribution in [-0.4, -0.2) is 109 Å². The summed E-state index contributed by atoms with van der Waals surface area (Å²) in [5.41, 5.74) is 5.05. The normalized spacial score (nSPS) is 31.3. The number of halogens is 1. The minimum atomic E-state index is -5.04. The van der Waals surface area contributed by atoms with Gasteiger partial charge in [0.05, 0.1) is 24.9 Å². The molecule has 4 aromatic heterocycles. The van der Waals surface area contributed by atoms with E-state index >= 15 is 0 Å². The van der Waals surface area contributed by atoms with Crippen LogP contribution in [0.3, 0.4) is 0 Å². The van der Waals surface area contributed by atoms with Gasteiger partial charge in [0.15, 0.2) is 23.6 Å². The van der Waals surface area contributed by atoms with E-state index < -0.39 is 75.7 Å². The Morgan fingerprint density at radius 3 is 2.60 bits per heavy atom. The van der Waals surface area contributed by atoms with Crippen molar-refractivity contribution in [3.8, 4) is 0 Å². The number of phosphoric ester groups is 1. The molecule has 8 N–H and O–H groups in total. The summed E-state index contributed by atoms with van der Waals surface area (Å²) in [6.07, 6.45) is -7.60. The zero-order valence-corrected chi connectivity index (χ0v) is 22.8. The molecule has 6 rings (SSSR count). The van der Waals surface area contributed by atoms with Gasteiger partial charge in [-0.15, -0.1) is 0 Å². The van der Waals surface area contributed by atoms with Crippen molar-refractivity contribution in [1.82, 2.24) is 34.1 Å². The van der Waals surface area contributed by atoms with Gasteiger partial charge in [0.1, 0.15) is 53.8 Å². The third-order valence-electron chi connectivity index (χ3n) is 6.95. The molecule has 226 valence electrons. The van der Waals surface area contributed by atoms with Crippen LogP contribution in [0.4, 0.5) is 5.95 Å². The molecular formula is C21H24ClN8O11P. The van der Waals surface area contributed by atoms with Crippen LogP contribution < -0.4 is 11.3 Å². The highest BCUT2D eigenvalue weighted by molar-refractivity contribution is 7.47. The number of aromatic nitrogens is 7. The molecule has 2 aliphatic heterocycles. The molecule has 0 saturated carbocycles. The van der Waals surface area contributed by atoms with E-state index in [0.717, 1.165) is 10.9 Å². The van der Waals surface area contributed by atoms with E-state index in [4.69, 9.17) is 35.9 Å². The SMILES string of the molecule is Nc1nc2c(ncn2[C@@H]2O[C@H](CO)[C@@H](O)[C@H]2OP(=O)(O)OC[C@H]2O[C@@H](n3ccc4c(Cl)ncnc43)[C@H](O)[C@@H]2O)c(=O)[nH]1. The van der Waals surface area contributed by atoms with Crippen molar-refractivity contribution < 1.29 is 48.4 Å². The number of aromatic amines is 1. The number of anilines is 1. The fraction of sp³-hybridized carbons (Fsp3) is 0.476. The maximum atomic E-state index is 13.0. The van der Waals surface area contributed by atoms with Gasteiger partial charge >= 0.3 is 7.82 Å². The number of aliphatic hydroxyl groups excluding tert-OH is 4. The summed E-state index contributed by atoms with van der Waals surface area (Å²) in [5, 5.41) is 42.2. The maximum Gasteiger partial charge on any atom is 0.472 e. The van der Waals surface area contributed by atoms with E-state index in [1.165, 1.54) is 17.1 Å². The quantitative estimate of drug-likeness (QED) is 0.0832. The largest absolute Gasteiger partial charge is 0.472 e. The number of nitrogens with two attached hydrogens (primary N) is 1. The second kappa shape index (κ2) is 10.9. The minimum absolute atomic E-state index is 0.0825. The topological polar surface area (TPSA) is 275 Å². The van der Waals surface area contributed by atoms with Gasteiger partial charge < -0.3 is 45.1 Å². The number of nitrogens with one attached hydrogen (secondary N) is 1. The van der Waals surface area contributed by atoms with Crippen molar-refractivity contribution in [2.75, 3.05) is 18.9 Å². The molecule has 2 saturated heterocycles. The van der Waals surface area contributed by atoms with E-state index in [9.17, 15) is 34.7 Å². The molecule has 2 fully saturated rings. The number of fused-ring (bicyclic) bond motifs is 2. The summed E-state index contributed by atoms with van der Waals surface area (Å²) in [6.45, 7) is -1.42. The third kappa shape index (κ3) is 4.97. The number of imidazole rings is 1. The fourth-order valence-corrected chi connectivity index (χ4v) is 6.05. The molecule has 42 heavy (non-hydrogen) atoms. The average Bonchev–Trinajstić information content (AvgIpc) is 3.69. The van der Waals surface area contributed by atoms with Gasteiger partial charge in [-0.1, -0.05) is 11.6 Å². The molecule has 21 heteroatoms. The van der Waals surface area contributed by atoms with Crippen LogP contribution in [-0.2, 0) is 23.1 Å². The van der Waals surface area contributed by atoms with E-state index in [2.05, 4.69) is 24.9 Å². The number of ether oxygens (including phenoxy) is 2. The summed E-state index contributed by atoms with van der Waals surface area (Å²) < 4.78 is 37.2. The molecule has 2 aliphatic rings. The van der Waals surface area contributed by atoms with Crippen LogP contribution >= 0.6 is 19.4 Å². The van der Waals surface area contributed by atoms with Crippen LogP contribution in [0.5, 0.6) is 0 Å². The van der Waals surface area contributed by atoms with Crippen molar-refractivity contribution in [2.45, 2.75) is 49.1 Å². The number of aliphatic hydroxyl groups is 4. The highest BCUT2D eigenvalue weighted by atomic mass is 35.5. The van der Waals surface area contributed by atoms with E-state index in [-0.39, 0.29) is 22.3 Å². The molecule has 0 bridgehead atoms. The van der Waals surface area contributed by atoms with Gasteiger partial charge in [-0.25, -0.2) is 19.5 Å². The lowest BCUT2D eigenvalue weighted by atomic mass is 10.1. The fourth-order valence-electron chi connectivity index (χ4n) is 4.93. The lowest BCUT2D eigenvalue weighted by Crippen LogP contribution is -2.36. The Bertz CT molecular complexity index is 1730. The predicted octanol–water partition coefficient (Wildman–Crippen LogP) is -1.83. The Labute approximate surface area is 238 Å². The highest BCUT2D eigenvalue weighted by Gasteiger charge is 2.50. The summed E-state index contributed by atoms with van der Waals surface area (Å²) in [7, 11) is -5.04. The van der Waals surface area contributed by atoms with E-state index in [1.54, 1.807) is 6.07 Å². The minimum Gasteiger partial charge on any atom is -0.394 e. The summed E-state index contributed by atoms with van der Waals surface area (Å²) in [4.78, 5) is 40.9. The van der Waals surface area contributed by atoms with Gasteiger partial charge in [-0.3, -0.25) is 23.4 Å². The Hall–Kier alpha value is -3.07. The zero-order chi connectivity index (χ0) is 29.9. The monoisotopic (exact) mass is 630 g/mol. The van der Waals surface area contributed by atoms with Crippen LogP contribution in [0.1, 0.15) is 12.5 Å². The molecule has 0 amide bonds. The van der Waals surface area contributed by atoms with Crippen LogP contribution in [0, 0.1) is 0 Å². The number of rotatable bonds is 8. The Morgan fingerprint density at radius 1 is 1.07 bits per heavy atom. The van der Waals surface area contributed by atoms with Crippen LogP contribution in [0.2, 0.25) is 5.15 Å². The number of phosphoric acid groups is 1. The predicted molar refractivity (Wildman–Crippen MR) is 139 cm³/mol. The number of nitrogens with zero attached hydrogens (tertiary/aromatic N) is 6. The molecule has 0 aromatic carbocycles. The molecular weight excluding hydrogens is 607 g/mol. The Kier molecular flexibility index (Phi) is 7.52. The molecule has 0 aliphatic carbocycles. The standard InChI is InChI=1S/C21H24ClN8O11P/c22-15-7-1-2-29(16(7)25-5-24-15)19-13(34)11(32)9(40-19)4-38-42(36,37)41-14-12(33)8(3-31)39-20(14)30-6-26-10-17(30)27-21(23)28-18(10)35/h1-2,5-6,8-9,11-14,19-20,31-34H,3-4H2,(H,36,37)(H3,23,27,28,35)/t8-,9-,11-,12-,13-,14-,19-,20-/m1/s1. The van der Waals surface area contributed by atoms with Crippen molar-refractivity contribution >= 4 is 47.6 Å². The van der Waals surface area contributed by atoms with Gasteiger partial charge in [0.2, 0.25) is 5.95 Å². The number of hydrogen-bond donors (Lipinski definition) is 7. The summed E-state index contributed by atoms with van der Waals surface area (Å²) in [6, 6.07) is 1.59. The Balaban J connectivity index is 1.19. The van der Waals surface area contributed by atoms with Crippen molar-refractivity contribution in [1.29, 1.82) is 0 Å². The maximum absolute atomic E-state index is 13.0. The summed E-state index contributed by atoms with van der Waals surface area (Å²) in [5.74, 6) is -0.251. The zero-order valence-electron chi connectivity index (χ0n) is 21.1. The van der Waals surface area contributed by atoms with Gasteiger partial charge in [0, 0.05) is 6.20 Å². The first-order valence-electron chi connectivity index (χ1n) is 12.3. The molecule has 4 aromatic rings. The lowest BCUT2D eigenvalue weighted by molar-refractivity contribution is -0.0614. The first kappa shape index (κ1) is 29.0. The average molecular weight is 631 g/mol. The van der Waals surface area contributed by atoms with Crippen molar-refractivity contribution in [2.24, 2.45) is 0 Å². The lowest BCUT2D eigenvalue weighted by Gasteiger charge is -2.24.